The van der Waals surface area contributed by atoms with Crippen LogP contribution in [0, 0.1) is 0 Å². The van der Waals surface area contributed by atoms with Crippen LogP contribution in [-0.4, -0.2) is 48.6 Å². The lowest BCUT2D eigenvalue weighted by Gasteiger charge is -2.20. The Morgan fingerprint density at radius 3 is 1.61 bits per heavy atom. The van der Waals surface area contributed by atoms with Crippen molar-refractivity contribution >= 4 is 46.2 Å². The van der Waals surface area contributed by atoms with E-state index in [9.17, 15) is 0 Å². The maximum absolute atomic E-state index is 4.79. The summed E-state index contributed by atoms with van der Waals surface area (Å²) in [5.74, 6) is 0.829. The van der Waals surface area contributed by atoms with Gasteiger partial charge in [0.15, 0.2) is 0 Å². The molecule has 0 aliphatic heterocycles. The second kappa shape index (κ2) is 13.1. The Labute approximate surface area is 243 Å². The molecule has 0 saturated heterocycles. The topological polar surface area (TPSA) is 59.9 Å². The number of benzene rings is 4. The first kappa shape index (κ1) is 27.8. The highest BCUT2D eigenvalue weighted by molar-refractivity contribution is 5.86. The fourth-order valence-electron chi connectivity index (χ4n) is 4.94. The lowest BCUT2D eigenvalue weighted by Crippen LogP contribution is -2.21. The molecule has 0 unspecified atom stereocenters. The monoisotopic (exact) mass is 542 g/mol. The Morgan fingerprint density at radius 2 is 1.10 bits per heavy atom. The fraction of sp³-hybridized carbons (Fsp3) is 0.229. The number of aromatic nitrogens is 2. The number of anilines is 2. The van der Waals surface area contributed by atoms with Crippen LogP contribution in [0.1, 0.15) is 38.8 Å². The molecule has 0 atom stereocenters. The summed E-state index contributed by atoms with van der Waals surface area (Å²) in [6.45, 7) is 12.7. The molecule has 1 N–H and O–H groups in total. The fourth-order valence-corrected chi connectivity index (χ4v) is 4.94. The minimum absolute atomic E-state index is 0.829. The van der Waals surface area contributed by atoms with E-state index >= 15 is 0 Å². The highest BCUT2D eigenvalue weighted by atomic mass is 15.1. The van der Waals surface area contributed by atoms with Gasteiger partial charge in [0.2, 0.25) is 0 Å². The number of fused-ring (bicyclic) bond motifs is 1. The number of nitrogens with zero attached hydrogens (tertiary/aromatic N) is 5. The van der Waals surface area contributed by atoms with Crippen molar-refractivity contribution in [2.24, 2.45) is 9.98 Å². The van der Waals surface area contributed by atoms with Crippen LogP contribution in [0.5, 0.6) is 0 Å². The summed E-state index contributed by atoms with van der Waals surface area (Å²) in [5, 5.41) is 0. The summed E-state index contributed by atoms with van der Waals surface area (Å²) in [5.41, 5.74) is 9.31. The number of aliphatic imine (C=N–C) groups is 2. The van der Waals surface area contributed by atoms with Crippen molar-refractivity contribution < 1.29 is 0 Å². The summed E-state index contributed by atoms with van der Waals surface area (Å²) in [6, 6.07) is 31.2. The standard InChI is InChI=1S/C35H38N6/c1-5-40(6-2)31-18-9-26(10-19-31)24-36-29-15-13-28(14-16-29)35-38-33-22-17-30(23-34(33)39-35)37-25-27-11-20-32(21-12-27)41(7-3)8-4/h9-25H,5-8H2,1-4H3,(H,38,39). The molecular weight excluding hydrogens is 504 g/mol. The Bertz CT molecular complexity index is 1600. The van der Waals surface area contributed by atoms with Gasteiger partial charge in [0.05, 0.1) is 22.4 Å². The van der Waals surface area contributed by atoms with E-state index in [4.69, 9.17) is 9.98 Å². The minimum atomic E-state index is 0.829. The van der Waals surface area contributed by atoms with E-state index in [0.29, 0.717) is 0 Å². The molecule has 0 amide bonds. The summed E-state index contributed by atoms with van der Waals surface area (Å²) in [6.07, 6.45) is 3.81. The van der Waals surface area contributed by atoms with Gasteiger partial charge in [-0.15, -0.1) is 0 Å². The SMILES string of the molecule is CCN(CC)c1ccc(C=Nc2ccc(-c3nc4ccc(N=Cc5ccc(N(CC)CC)cc5)cc4[nH]3)cc2)cc1. The van der Waals surface area contributed by atoms with Crippen LogP contribution in [0.2, 0.25) is 0 Å². The normalized spacial score (nSPS) is 11.6. The second-order valence-corrected chi connectivity index (χ2v) is 9.88. The predicted molar refractivity (Wildman–Crippen MR) is 176 cm³/mol. The third kappa shape index (κ3) is 6.72. The number of H-pyrrole nitrogens is 1. The molecule has 0 radical (unpaired) electrons. The molecule has 0 fully saturated rings. The largest absolute Gasteiger partial charge is 0.372 e. The van der Waals surface area contributed by atoms with Crippen LogP contribution in [0.25, 0.3) is 22.4 Å². The zero-order valence-electron chi connectivity index (χ0n) is 24.4. The molecule has 208 valence electrons. The van der Waals surface area contributed by atoms with Gasteiger partial charge in [-0.25, -0.2) is 4.98 Å². The van der Waals surface area contributed by atoms with Crippen molar-refractivity contribution in [3.05, 3.63) is 102 Å². The molecule has 0 aliphatic rings. The van der Waals surface area contributed by atoms with E-state index in [1.807, 2.05) is 42.8 Å². The van der Waals surface area contributed by atoms with Gasteiger partial charge in [0.25, 0.3) is 0 Å². The maximum atomic E-state index is 4.79. The van der Waals surface area contributed by atoms with Gasteiger partial charge >= 0.3 is 0 Å². The Kier molecular flexibility index (Phi) is 8.89. The molecule has 4 aromatic carbocycles. The second-order valence-electron chi connectivity index (χ2n) is 9.88. The molecular formula is C35H38N6. The van der Waals surface area contributed by atoms with Gasteiger partial charge in [-0.3, -0.25) is 9.98 Å². The summed E-state index contributed by atoms with van der Waals surface area (Å²) in [4.78, 5) is 22.3. The van der Waals surface area contributed by atoms with Crippen LogP contribution in [0.15, 0.2) is 101 Å². The molecule has 0 aliphatic carbocycles. The van der Waals surface area contributed by atoms with E-state index in [0.717, 1.165) is 71.1 Å². The number of nitrogens with one attached hydrogen (secondary N) is 1. The average Bonchev–Trinajstić information content (AvgIpc) is 3.45. The smallest absolute Gasteiger partial charge is 0.138 e. The quantitative estimate of drug-likeness (QED) is 0.170. The van der Waals surface area contributed by atoms with Crippen LogP contribution < -0.4 is 9.80 Å². The van der Waals surface area contributed by atoms with Crippen molar-refractivity contribution in [1.82, 2.24) is 9.97 Å². The third-order valence-corrected chi connectivity index (χ3v) is 7.37. The van der Waals surface area contributed by atoms with Gasteiger partial charge in [-0.05, 0) is 106 Å². The van der Waals surface area contributed by atoms with Crippen LogP contribution in [-0.2, 0) is 0 Å². The van der Waals surface area contributed by atoms with Gasteiger partial charge in [0, 0.05) is 55.5 Å². The maximum Gasteiger partial charge on any atom is 0.138 e. The summed E-state index contributed by atoms with van der Waals surface area (Å²) >= 11 is 0. The first-order valence-electron chi connectivity index (χ1n) is 14.5. The van der Waals surface area contributed by atoms with Gasteiger partial charge in [0.1, 0.15) is 5.82 Å². The van der Waals surface area contributed by atoms with E-state index in [1.54, 1.807) is 0 Å². The first-order chi connectivity index (χ1) is 20.1. The van der Waals surface area contributed by atoms with Crippen molar-refractivity contribution in [2.75, 3.05) is 36.0 Å². The van der Waals surface area contributed by atoms with E-state index < -0.39 is 0 Å². The number of aromatic amines is 1. The third-order valence-electron chi connectivity index (χ3n) is 7.37. The number of rotatable bonds is 11. The minimum Gasteiger partial charge on any atom is -0.372 e. The van der Waals surface area contributed by atoms with Crippen molar-refractivity contribution in [3.8, 4) is 11.4 Å². The van der Waals surface area contributed by atoms with E-state index in [2.05, 4.69) is 108 Å². The summed E-state index contributed by atoms with van der Waals surface area (Å²) in [7, 11) is 0. The van der Waals surface area contributed by atoms with Crippen LogP contribution in [0.3, 0.4) is 0 Å². The van der Waals surface area contributed by atoms with Crippen molar-refractivity contribution in [3.63, 3.8) is 0 Å². The Morgan fingerprint density at radius 1 is 0.610 bits per heavy atom. The number of imidazole rings is 1. The zero-order valence-corrected chi connectivity index (χ0v) is 24.4. The molecule has 1 aromatic heterocycles. The highest BCUT2D eigenvalue weighted by Gasteiger charge is 2.07. The van der Waals surface area contributed by atoms with E-state index in [1.165, 1.54) is 11.4 Å². The van der Waals surface area contributed by atoms with Gasteiger partial charge in [-0.1, -0.05) is 24.3 Å². The van der Waals surface area contributed by atoms with Crippen LogP contribution >= 0.6 is 0 Å². The molecule has 0 spiro atoms. The first-order valence-corrected chi connectivity index (χ1v) is 14.5. The molecule has 5 rings (SSSR count). The average molecular weight is 543 g/mol. The summed E-state index contributed by atoms with van der Waals surface area (Å²) < 4.78 is 0. The lowest BCUT2D eigenvalue weighted by atomic mass is 10.2. The van der Waals surface area contributed by atoms with Gasteiger partial charge in [-0.2, -0.15) is 0 Å². The Hall–Kier alpha value is -4.71. The molecule has 0 bridgehead atoms. The Balaban J connectivity index is 1.25. The number of hydrogen-bond acceptors (Lipinski definition) is 5. The van der Waals surface area contributed by atoms with Gasteiger partial charge < -0.3 is 14.8 Å². The predicted octanol–water partition coefficient (Wildman–Crippen LogP) is 8.42. The molecule has 41 heavy (non-hydrogen) atoms. The van der Waals surface area contributed by atoms with E-state index in [-0.39, 0.29) is 0 Å². The van der Waals surface area contributed by atoms with Crippen LogP contribution in [0.4, 0.5) is 22.7 Å². The zero-order chi connectivity index (χ0) is 28.6. The number of hydrogen-bond donors (Lipinski definition) is 1. The highest BCUT2D eigenvalue weighted by Crippen LogP contribution is 2.26. The molecule has 5 aromatic rings. The van der Waals surface area contributed by atoms with Crippen molar-refractivity contribution in [2.45, 2.75) is 27.7 Å². The van der Waals surface area contributed by atoms with Crippen molar-refractivity contribution in [1.29, 1.82) is 0 Å². The molecule has 1 heterocycles. The lowest BCUT2D eigenvalue weighted by molar-refractivity contribution is 0.866. The molecule has 6 heteroatoms. The molecule has 0 saturated carbocycles. The molecule has 6 nitrogen and oxygen atoms in total.